The predicted molar refractivity (Wildman–Crippen MR) is 175 cm³/mol. The van der Waals surface area contributed by atoms with Crippen molar-refractivity contribution in [3.05, 3.63) is 67.6 Å². The molecule has 0 saturated carbocycles. The van der Waals surface area contributed by atoms with Crippen molar-refractivity contribution in [1.82, 2.24) is 0 Å². The van der Waals surface area contributed by atoms with Gasteiger partial charge in [0.05, 0.1) is 30.8 Å². The van der Waals surface area contributed by atoms with Crippen LogP contribution in [0.3, 0.4) is 0 Å². The Bertz CT molecular complexity index is 1450. The molecule has 232 valence electrons. The van der Waals surface area contributed by atoms with E-state index < -0.39 is 17.5 Å². The van der Waals surface area contributed by atoms with E-state index in [-0.39, 0.29) is 28.3 Å². The zero-order chi connectivity index (χ0) is 33.1. The van der Waals surface area contributed by atoms with Gasteiger partial charge in [-0.15, -0.1) is 0 Å². The van der Waals surface area contributed by atoms with Gasteiger partial charge in [-0.2, -0.15) is 5.26 Å². The molecule has 0 aliphatic heterocycles. The van der Waals surface area contributed by atoms with E-state index in [2.05, 4.69) is 5.32 Å². The van der Waals surface area contributed by atoms with Gasteiger partial charge in [0, 0.05) is 29.4 Å². The molecule has 0 spiro atoms. The van der Waals surface area contributed by atoms with Gasteiger partial charge in [-0.05, 0) is 42.5 Å². The Morgan fingerprint density at radius 2 is 1.30 bits per heavy atom. The minimum Gasteiger partial charge on any atom is -0.478 e. The van der Waals surface area contributed by atoms with Gasteiger partial charge in [0.15, 0.2) is 18.1 Å². The fraction of sp³-hybridized carbons (Fsp3) is 0.250. The van der Waals surface area contributed by atoms with Gasteiger partial charge in [-0.25, -0.2) is 4.79 Å². The van der Waals surface area contributed by atoms with Crippen molar-refractivity contribution in [3.63, 3.8) is 0 Å². The number of ether oxygens (including phenoxy) is 2. The highest BCUT2D eigenvalue weighted by Gasteiger charge is 2.34. The average molecular weight is 694 g/mol. The zero-order valence-corrected chi connectivity index (χ0v) is 27.3. The van der Waals surface area contributed by atoms with Crippen molar-refractivity contribution in [2.45, 2.75) is 33.8 Å². The molecule has 1 unspecified atom stereocenters. The van der Waals surface area contributed by atoms with Crippen LogP contribution < -0.4 is 32.0 Å². The fourth-order valence-electron chi connectivity index (χ4n) is 3.05. The van der Waals surface area contributed by atoms with Crippen LogP contribution in [0.4, 0.5) is 22.7 Å². The zero-order valence-electron chi connectivity index (χ0n) is 23.5. The number of hydrogen-bond donors (Lipinski definition) is 5. The van der Waals surface area contributed by atoms with Crippen molar-refractivity contribution >= 4 is 92.6 Å². The number of carboxylic acids is 1. The van der Waals surface area contributed by atoms with Crippen LogP contribution in [0, 0.1) is 16.7 Å². The Morgan fingerprint density at radius 3 is 1.67 bits per heavy atom. The summed E-state index contributed by atoms with van der Waals surface area (Å²) in [4.78, 5) is 21.9. The van der Waals surface area contributed by atoms with Crippen molar-refractivity contribution in [2.24, 2.45) is 5.41 Å². The van der Waals surface area contributed by atoms with Crippen LogP contribution >= 0.6 is 58.0 Å². The number of hydrogen-bond acceptors (Lipinski definition) is 8. The first-order valence-corrected chi connectivity index (χ1v) is 14.0. The first kappa shape index (κ1) is 37.6. The van der Waals surface area contributed by atoms with E-state index in [9.17, 15) is 14.7 Å². The number of carbonyl (C=O) groups is 2. The largest absolute Gasteiger partial charge is 0.478 e. The maximum absolute atomic E-state index is 11.2. The lowest BCUT2D eigenvalue weighted by molar-refractivity contribution is -0.150. The molecule has 0 aromatic heterocycles. The van der Waals surface area contributed by atoms with Crippen LogP contribution in [-0.4, -0.2) is 29.7 Å². The van der Waals surface area contributed by atoms with E-state index >= 15 is 0 Å². The fourth-order valence-corrected chi connectivity index (χ4v) is 4.49. The second-order valence-electron chi connectivity index (χ2n) is 9.70. The highest BCUT2D eigenvalue weighted by Crippen LogP contribution is 2.38. The molecule has 0 saturated heterocycles. The van der Waals surface area contributed by atoms with E-state index in [1.54, 1.807) is 39.0 Å². The van der Waals surface area contributed by atoms with E-state index in [4.69, 9.17) is 89.9 Å². The van der Waals surface area contributed by atoms with Crippen molar-refractivity contribution in [3.8, 4) is 17.6 Å². The van der Waals surface area contributed by atoms with E-state index in [0.717, 1.165) is 0 Å². The summed E-state index contributed by atoms with van der Waals surface area (Å²) in [6.07, 6.45) is -1.06. The molecule has 15 heteroatoms. The van der Waals surface area contributed by atoms with E-state index in [1.165, 1.54) is 31.2 Å². The monoisotopic (exact) mass is 691 g/mol. The molecular weight excluding hydrogens is 664 g/mol. The first-order valence-electron chi connectivity index (χ1n) is 12.1. The van der Waals surface area contributed by atoms with Crippen LogP contribution in [-0.2, 0) is 9.59 Å². The van der Waals surface area contributed by atoms with Crippen molar-refractivity contribution in [2.75, 3.05) is 29.1 Å². The Hall–Kier alpha value is -3.46. The Balaban J connectivity index is 0.000000331. The maximum atomic E-state index is 11.2. The smallest absolute Gasteiger partial charge is 0.345 e. The molecule has 3 rings (SSSR count). The van der Waals surface area contributed by atoms with Gasteiger partial charge in [0.1, 0.15) is 6.07 Å². The number of nitrogens with two attached hydrogens (primary N) is 3. The molecule has 0 fully saturated rings. The molecular formula is C28H30Cl5N5O5. The third-order valence-corrected chi connectivity index (χ3v) is 6.31. The molecule has 1 amide bonds. The molecule has 0 radical (unpaired) electrons. The van der Waals surface area contributed by atoms with Crippen LogP contribution in [0.1, 0.15) is 27.7 Å². The number of anilines is 4. The molecule has 0 aliphatic carbocycles. The number of nitriles is 1. The molecule has 8 N–H and O–H groups in total. The number of halogens is 5. The van der Waals surface area contributed by atoms with Gasteiger partial charge in [-0.1, -0.05) is 78.8 Å². The Labute approximate surface area is 274 Å². The van der Waals surface area contributed by atoms with E-state index in [1.807, 2.05) is 6.07 Å². The number of nitrogens with one attached hydrogen (secondary N) is 1. The lowest BCUT2D eigenvalue weighted by atomic mass is 9.89. The summed E-state index contributed by atoms with van der Waals surface area (Å²) in [6.45, 7) is 6.59. The minimum absolute atomic E-state index is 0.0939. The van der Waals surface area contributed by atoms with Gasteiger partial charge in [0.25, 0.3) is 0 Å². The number of aliphatic carboxylic acids is 1. The Morgan fingerprint density at radius 1 is 0.860 bits per heavy atom. The van der Waals surface area contributed by atoms with Gasteiger partial charge >= 0.3 is 5.97 Å². The highest BCUT2D eigenvalue weighted by molar-refractivity contribution is 6.38. The SMILES string of the molecule is CC(=O)Nc1ccc(N)cc1Cl.CC(C)(C)C(Oc1c(Cl)cc(N)cc1Cl)C(=O)O.N#CCOc1c(Cl)cc(N)cc1Cl. The summed E-state index contributed by atoms with van der Waals surface area (Å²) in [5.74, 6) is -0.804. The summed E-state index contributed by atoms with van der Waals surface area (Å²) in [7, 11) is 0. The number of benzene rings is 3. The minimum atomic E-state index is -1.08. The molecule has 43 heavy (non-hydrogen) atoms. The number of carboxylic acid groups (broad SMARTS) is 1. The van der Waals surface area contributed by atoms with Gasteiger partial charge < -0.3 is 37.1 Å². The first-order chi connectivity index (χ1) is 19.9. The second kappa shape index (κ2) is 17.0. The van der Waals surface area contributed by atoms with Gasteiger partial charge in [0.2, 0.25) is 12.0 Å². The topological polar surface area (TPSA) is 187 Å². The molecule has 10 nitrogen and oxygen atoms in total. The molecule has 0 bridgehead atoms. The third-order valence-electron chi connectivity index (χ3n) is 4.87. The number of amides is 1. The molecule has 3 aromatic carbocycles. The average Bonchev–Trinajstić information content (AvgIpc) is 2.84. The number of nitrogen functional groups attached to an aromatic ring is 3. The molecule has 0 heterocycles. The number of carbonyl (C=O) groups excluding carboxylic acids is 1. The van der Waals surface area contributed by atoms with E-state index in [0.29, 0.717) is 43.6 Å². The van der Waals surface area contributed by atoms with Crippen LogP contribution in [0.15, 0.2) is 42.5 Å². The summed E-state index contributed by atoms with van der Waals surface area (Å²) < 4.78 is 10.4. The Kier molecular flexibility index (Phi) is 14.8. The van der Waals surface area contributed by atoms with Crippen LogP contribution in [0.5, 0.6) is 11.5 Å². The van der Waals surface area contributed by atoms with Gasteiger partial charge in [-0.3, -0.25) is 4.79 Å². The van der Waals surface area contributed by atoms with Crippen molar-refractivity contribution < 1.29 is 24.2 Å². The maximum Gasteiger partial charge on any atom is 0.345 e. The third kappa shape index (κ3) is 12.7. The number of rotatable bonds is 6. The highest BCUT2D eigenvalue weighted by atomic mass is 35.5. The molecule has 1 atom stereocenters. The normalized spacial score (nSPS) is 11.0. The summed E-state index contributed by atoms with van der Waals surface area (Å²) in [6, 6.07) is 12.7. The quantitative estimate of drug-likeness (QED) is 0.161. The van der Waals surface area contributed by atoms with Crippen LogP contribution in [0.25, 0.3) is 0 Å². The predicted octanol–water partition coefficient (Wildman–Crippen LogP) is 7.81. The molecule has 0 aliphatic rings. The summed E-state index contributed by atoms with van der Waals surface area (Å²) in [5, 5.41) is 21.5. The standard InChI is InChI=1S/C12H15Cl2NO3.C8H6Cl2N2O.C8H9ClN2O/c1-12(2,3)10(11(16)17)18-9-7(13)4-6(15)5-8(9)14;9-6-3-5(12)4-7(10)8(6)13-2-1-11;1-5(12)11-8-3-2-6(10)4-7(8)9/h4-5,10H,15H2,1-3H3,(H,16,17);3-4H,2,12H2;2-4H,10H2,1H3,(H,11,12). The summed E-state index contributed by atoms with van der Waals surface area (Å²) >= 11 is 29.2. The van der Waals surface area contributed by atoms with Crippen molar-refractivity contribution in [1.29, 1.82) is 5.26 Å². The number of nitrogens with zero attached hydrogens (tertiary/aromatic N) is 1. The molecule has 3 aromatic rings. The van der Waals surface area contributed by atoms with Crippen LogP contribution in [0.2, 0.25) is 25.1 Å². The lowest BCUT2D eigenvalue weighted by Gasteiger charge is -2.28. The second-order valence-corrected chi connectivity index (χ2v) is 11.7. The summed E-state index contributed by atoms with van der Waals surface area (Å²) in [5.41, 5.74) is 17.9. The lowest BCUT2D eigenvalue weighted by Crippen LogP contribution is -2.39.